The van der Waals surface area contributed by atoms with Crippen molar-refractivity contribution in [1.82, 2.24) is 24.5 Å². The lowest BCUT2D eigenvalue weighted by Crippen LogP contribution is -2.15. The van der Waals surface area contributed by atoms with Crippen molar-refractivity contribution in [3.63, 3.8) is 0 Å². The zero-order valence-electron chi connectivity index (χ0n) is 15.7. The van der Waals surface area contributed by atoms with Crippen LogP contribution in [0.2, 0.25) is 0 Å². The Morgan fingerprint density at radius 3 is 2.57 bits per heavy atom. The number of halogens is 2. The molecule has 0 saturated heterocycles. The molecule has 0 atom stereocenters. The van der Waals surface area contributed by atoms with Crippen LogP contribution in [-0.2, 0) is 13.0 Å². The lowest BCUT2D eigenvalue weighted by atomic mass is 10.0. The van der Waals surface area contributed by atoms with Gasteiger partial charge in [-0.2, -0.15) is 5.10 Å². The number of fused-ring (bicyclic) bond motifs is 3. The summed E-state index contributed by atoms with van der Waals surface area (Å²) < 4.78 is 31.3. The second kappa shape index (κ2) is 7.18. The second-order valence-corrected chi connectivity index (χ2v) is 7.00. The molecule has 5 rings (SSSR count). The fraction of sp³-hybridized carbons (Fsp3) is 0.143. The Bertz CT molecular complexity index is 1230. The third kappa shape index (κ3) is 3.14. The molecule has 7 nitrogen and oxygen atoms in total. The number of nitrogens with zero attached hydrogens (tertiary/aromatic N) is 5. The molecule has 150 valence electrons. The van der Waals surface area contributed by atoms with Gasteiger partial charge in [-0.25, -0.2) is 8.78 Å². The molecule has 0 saturated carbocycles. The molecule has 2 aromatic heterocycles. The van der Waals surface area contributed by atoms with Crippen molar-refractivity contribution in [2.75, 3.05) is 5.32 Å². The van der Waals surface area contributed by atoms with E-state index < -0.39 is 23.2 Å². The number of amides is 1. The number of rotatable bonds is 3. The van der Waals surface area contributed by atoms with Crippen LogP contribution in [0.5, 0.6) is 0 Å². The van der Waals surface area contributed by atoms with Crippen molar-refractivity contribution in [3.8, 4) is 16.9 Å². The molecule has 0 unspecified atom stereocenters. The molecular formula is C21H16F2N6O. The minimum Gasteiger partial charge on any atom is -0.316 e. The SMILES string of the molecule is O=C(Nc1c(F)cccc1F)c1cc2n(n1)CCCc1ccc(-n3cnnc3)cc1-2. The van der Waals surface area contributed by atoms with Crippen LogP contribution in [0.1, 0.15) is 22.5 Å². The molecule has 1 aliphatic heterocycles. The fourth-order valence-electron chi connectivity index (χ4n) is 3.64. The van der Waals surface area contributed by atoms with Gasteiger partial charge in [0, 0.05) is 17.8 Å². The van der Waals surface area contributed by atoms with E-state index in [1.165, 1.54) is 6.07 Å². The van der Waals surface area contributed by atoms with E-state index in [4.69, 9.17) is 0 Å². The van der Waals surface area contributed by atoms with E-state index in [0.717, 1.165) is 47.5 Å². The maximum atomic E-state index is 13.9. The van der Waals surface area contributed by atoms with Gasteiger partial charge in [-0.1, -0.05) is 12.1 Å². The van der Waals surface area contributed by atoms with Gasteiger partial charge >= 0.3 is 0 Å². The molecule has 0 fully saturated rings. The standard InChI is InChI=1S/C21H16F2N6O/c22-16-4-1-5-17(23)20(16)26-21(30)18-10-19-15-9-14(28-11-24-25-12-28)7-6-13(15)3-2-8-29(19)27-18/h1,4-7,9-12H,2-3,8H2,(H,26,30). The van der Waals surface area contributed by atoms with E-state index in [-0.39, 0.29) is 5.69 Å². The minimum atomic E-state index is -0.840. The van der Waals surface area contributed by atoms with Gasteiger partial charge in [0.05, 0.1) is 5.69 Å². The van der Waals surface area contributed by atoms with Crippen LogP contribution in [0.25, 0.3) is 16.9 Å². The largest absolute Gasteiger partial charge is 0.316 e. The average Bonchev–Trinajstić information content (AvgIpc) is 3.39. The first-order valence-electron chi connectivity index (χ1n) is 9.41. The minimum absolute atomic E-state index is 0.0928. The highest BCUT2D eigenvalue weighted by molar-refractivity contribution is 6.03. The summed E-state index contributed by atoms with van der Waals surface area (Å²) in [5, 5.41) is 14.3. The Hall–Kier alpha value is -3.88. The summed E-state index contributed by atoms with van der Waals surface area (Å²) in [5.74, 6) is -2.35. The van der Waals surface area contributed by atoms with Crippen molar-refractivity contribution in [2.45, 2.75) is 19.4 Å². The zero-order chi connectivity index (χ0) is 20.7. The van der Waals surface area contributed by atoms with Gasteiger partial charge in [-0.05, 0) is 48.7 Å². The monoisotopic (exact) mass is 406 g/mol. The summed E-state index contributed by atoms with van der Waals surface area (Å²) in [6.45, 7) is 0.632. The second-order valence-electron chi connectivity index (χ2n) is 7.00. The molecule has 3 heterocycles. The quantitative estimate of drug-likeness (QED) is 0.564. The Labute approximate surface area is 170 Å². The normalized spacial score (nSPS) is 12.7. The number of hydrogen-bond acceptors (Lipinski definition) is 4. The first kappa shape index (κ1) is 18.2. The first-order valence-corrected chi connectivity index (χ1v) is 9.41. The number of para-hydroxylation sites is 1. The van der Waals surface area contributed by atoms with Crippen LogP contribution in [0.4, 0.5) is 14.5 Å². The highest BCUT2D eigenvalue weighted by Gasteiger charge is 2.22. The molecule has 30 heavy (non-hydrogen) atoms. The summed E-state index contributed by atoms with van der Waals surface area (Å²) in [7, 11) is 0. The van der Waals surface area contributed by atoms with Gasteiger partial charge in [0.25, 0.3) is 5.91 Å². The van der Waals surface area contributed by atoms with E-state index >= 15 is 0 Å². The van der Waals surface area contributed by atoms with Crippen molar-refractivity contribution in [2.24, 2.45) is 0 Å². The number of hydrogen-bond donors (Lipinski definition) is 1. The number of carbonyl (C=O) groups is 1. The summed E-state index contributed by atoms with van der Waals surface area (Å²) in [4.78, 5) is 12.6. The Morgan fingerprint density at radius 1 is 1.03 bits per heavy atom. The van der Waals surface area contributed by atoms with Crippen LogP contribution < -0.4 is 5.32 Å². The predicted octanol–water partition coefficient (Wildman–Crippen LogP) is 3.61. The van der Waals surface area contributed by atoms with Crippen molar-refractivity contribution in [1.29, 1.82) is 0 Å². The highest BCUT2D eigenvalue weighted by atomic mass is 19.1. The number of nitrogens with one attached hydrogen (secondary N) is 1. The van der Waals surface area contributed by atoms with Crippen molar-refractivity contribution >= 4 is 11.6 Å². The highest BCUT2D eigenvalue weighted by Crippen LogP contribution is 2.31. The number of aromatic nitrogens is 5. The Balaban J connectivity index is 1.53. The summed E-state index contributed by atoms with van der Waals surface area (Å²) in [6.07, 6.45) is 4.95. The topological polar surface area (TPSA) is 77.6 Å². The van der Waals surface area contributed by atoms with Crippen LogP contribution in [0.3, 0.4) is 0 Å². The fourth-order valence-corrected chi connectivity index (χ4v) is 3.64. The molecule has 1 aliphatic rings. The molecule has 4 aromatic rings. The molecule has 2 aromatic carbocycles. The van der Waals surface area contributed by atoms with E-state index in [1.54, 1.807) is 28.0 Å². The van der Waals surface area contributed by atoms with Crippen molar-refractivity contribution < 1.29 is 13.6 Å². The third-order valence-electron chi connectivity index (χ3n) is 5.12. The molecule has 9 heteroatoms. The molecule has 0 spiro atoms. The smallest absolute Gasteiger partial charge is 0.276 e. The average molecular weight is 406 g/mol. The molecule has 0 aliphatic carbocycles. The number of anilines is 1. The molecule has 1 N–H and O–H groups in total. The van der Waals surface area contributed by atoms with Crippen LogP contribution in [0, 0.1) is 11.6 Å². The van der Waals surface area contributed by atoms with Crippen LogP contribution in [-0.4, -0.2) is 30.5 Å². The van der Waals surface area contributed by atoms with Crippen LogP contribution in [0.15, 0.2) is 55.1 Å². The van der Waals surface area contributed by atoms with E-state index in [0.29, 0.717) is 6.54 Å². The maximum absolute atomic E-state index is 13.9. The number of carbonyl (C=O) groups excluding carboxylic acids is 1. The first-order chi connectivity index (χ1) is 14.6. The van der Waals surface area contributed by atoms with Gasteiger partial charge in [0.2, 0.25) is 0 Å². The van der Waals surface area contributed by atoms with Crippen LogP contribution >= 0.6 is 0 Å². The molecule has 0 radical (unpaired) electrons. The van der Waals surface area contributed by atoms with Gasteiger partial charge in [-0.3, -0.25) is 14.0 Å². The number of aryl methyl sites for hydroxylation is 2. The zero-order valence-corrected chi connectivity index (χ0v) is 15.7. The third-order valence-corrected chi connectivity index (χ3v) is 5.12. The summed E-state index contributed by atoms with van der Waals surface area (Å²) in [6, 6.07) is 11.1. The van der Waals surface area contributed by atoms with Gasteiger partial charge in [-0.15, -0.1) is 10.2 Å². The van der Waals surface area contributed by atoms with E-state index in [9.17, 15) is 13.6 Å². The molecule has 0 bridgehead atoms. The summed E-state index contributed by atoms with van der Waals surface area (Å²) in [5.41, 5.74) is 3.35. The Morgan fingerprint density at radius 2 is 1.80 bits per heavy atom. The Kier molecular flexibility index (Phi) is 4.35. The van der Waals surface area contributed by atoms with E-state index in [2.05, 4.69) is 20.6 Å². The van der Waals surface area contributed by atoms with E-state index in [1.807, 2.05) is 18.2 Å². The van der Waals surface area contributed by atoms with Crippen molar-refractivity contribution in [3.05, 3.63) is 78.0 Å². The maximum Gasteiger partial charge on any atom is 0.276 e. The number of benzene rings is 2. The predicted molar refractivity (Wildman–Crippen MR) is 105 cm³/mol. The molecular weight excluding hydrogens is 390 g/mol. The molecule has 1 amide bonds. The summed E-state index contributed by atoms with van der Waals surface area (Å²) >= 11 is 0. The van der Waals surface area contributed by atoms with Gasteiger partial charge in [0.1, 0.15) is 30.0 Å². The van der Waals surface area contributed by atoms with Gasteiger partial charge in [0.15, 0.2) is 5.69 Å². The lowest BCUT2D eigenvalue weighted by Gasteiger charge is -2.09. The lowest BCUT2D eigenvalue weighted by molar-refractivity contribution is 0.102. The van der Waals surface area contributed by atoms with Gasteiger partial charge < -0.3 is 5.32 Å².